The lowest BCUT2D eigenvalue weighted by atomic mass is 10.1. The van der Waals surface area contributed by atoms with Crippen LogP contribution < -0.4 is 9.47 Å². The van der Waals surface area contributed by atoms with Gasteiger partial charge in [-0.2, -0.15) is 0 Å². The van der Waals surface area contributed by atoms with E-state index >= 15 is 0 Å². The van der Waals surface area contributed by atoms with Gasteiger partial charge in [-0.05, 0) is 47.9 Å². The van der Waals surface area contributed by atoms with Gasteiger partial charge in [0.25, 0.3) is 0 Å². The molecule has 1 N–H and O–H groups in total. The highest BCUT2D eigenvalue weighted by Crippen LogP contribution is 2.22. The second-order valence-corrected chi connectivity index (χ2v) is 4.84. The molecule has 0 saturated heterocycles. The van der Waals surface area contributed by atoms with E-state index in [1.54, 1.807) is 13.2 Å². The zero-order valence-corrected chi connectivity index (χ0v) is 12.1. The van der Waals surface area contributed by atoms with Crippen LogP contribution >= 0.6 is 11.6 Å². The molecule has 2 rings (SSSR count). The number of rotatable bonds is 6. The number of hydrogen-bond donors (Lipinski definition) is 1. The molecule has 20 heavy (non-hydrogen) atoms. The third-order valence-electron chi connectivity index (χ3n) is 2.90. The Hall–Kier alpha value is -1.71. The first-order valence-corrected chi connectivity index (χ1v) is 6.75. The van der Waals surface area contributed by atoms with Gasteiger partial charge in [0.1, 0.15) is 18.1 Å². The molecule has 0 unspecified atom stereocenters. The third-order valence-corrected chi connectivity index (χ3v) is 3.11. The van der Waals surface area contributed by atoms with Gasteiger partial charge in [-0.1, -0.05) is 23.7 Å². The van der Waals surface area contributed by atoms with Crippen LogP contribution in [0, 0.1) is 0 Å². The maximum absolute atomic E-state index is 8.96. The molecular weight excluding hydrogens is 276 g/mol. The van der Waals surface area contributed by atoms with Gasteiger partial charge >= 0.3 is 0 Å². The van der Waals surface area contributed by atoms with Gasteiger partial charge in [0.05, 0.1) is 7.11 Å². The number of methoxy groups -OCH3 is 1. The van der Waals surface area contributed by atoms with E-state index in [2.05, 4.69) is 0 Å². The molecule has 2 aromatic rings. The normalized spacial score (nSPS) is 10.3. The van der Waals surface area contributed by atoms with Gasteiger partial charge in [-0.25, -0.2) is 0 Å². The van der Waals surface area contributed by atoms with E-state index in [1.165, 1.54) is 0 Å². The maximum atomic E-state index is 8.96. The number of benzene rings is 2. The van der Waals surface area contributed by atoms with Crippen molar-refractivity contribution in [1.82, 2.24) is 0 Å². The summed E-state index contributed by atoms with van der Waals surface area (Å²) in [6.45, 7) is 0.557. The molecule has 0 amide bonds. The topological polar surface area (TPSA) is 38.7 Å². The van der Waals surface area contributed by atoms with Crippen molar-refractivity contribution in [2.45, 2.75) is 13.0 Å². The lowest BCUT2D eigenvalue weighted by Gasteiger charge is -2.09. The van der Waals surface area contributed by atoms with Gasteiger partial charge in [-0.3, -0.25) is 0 Å². The van der Waals surface area contributed by atoms with E-state index in [1.807, 2.05) is 36.4 Å². The summed E-state index contributed by atoms with van der Waals surface area (Å²) in [6.07, 6.45) is 0.569. The molecule has 3 nitrogen and oxygen atoms in total. The van der Waals surface area contributed by atoms with Crippen LogP contribution in [0.25, 0.3) is 0 Å². The Labute approximate surface area is 123 Å². The maximum Gasteiger partial charge on any atom is 0.121 e. The van der Waals surface area contributed by atoms with Crippen LogP contribution in [-0.2, 0) is 13.0 Å². The second kappa shape index (κ2) is 7.17. The molecule has 0 radical (unpaired) electrons. The molecule has 2 aromatic carbocycles. The van der Waals surface area contributed by atoms with Crippen molar-refractivity contribution >= 4 is 11.6 Å². The summed E-state index contributed by atoms with van der Waals surface area (Å²) in [4.78, 5) is 0. The second-order valence-electron chi connectivity index (χ2n) is 4.41. The third kappa shape index (κ3) is 4.15. The van der Waals surface area contributed by atoms with Crippen LogP contribution in [0.3, 0.4) is 0 Å². The first-order valence-electron chi connectivity index (χ1n) is 6.37. The fourth-order valence-corrected chi connectivity index (χ4v) is 2.11. The van der Waals surface area contributed by atoms with Gasteiger partial charge in [0, 0.05) is 11.6 Å². The van der Waals surface area contributed by atoms with Crippen LogP contribution in [0.4, 0.5) is 0 Å². The monoisotopic (exact) mass is 292 g/mol. The molecule has 0 aliphatic rings. The molecule has 4 heteroatoms. The summed E-state index contributed by atoms with van der Waals surface area (Å²) in [5.41, 5.74) is 2.01. The molecule has 0 fully saturated rings. The summed E-state index contributed by atoms with van der Waals surface area (Å²) in [5, 5.41) is 9.57. The minimum absolute atomic E-state index is 0.0955. The highest BCUT2D eigenvalue weighted by atomic mass is 35.5. The lowest BCUT2D eigenvalue weighted by Crippen LogP contribution is -1.97. The molecule has 0 aliphatic carbocycles. The first-order chi connectivity index (χ1) is 9.71. The average Bonchev–Trinajstić information content (AvgIpc) is 2.45. The average molecular weight is 293 g/mol. The summed E-state index contributed by atoms with van der Waals surface area (Å²) >= 11 is 6.03. The number of aliphatic hydroxyl groups is 1. The molecule has 0 heterocycles. The van der Waals surface area contributed by atoms with Crippen molar-refractivity contribution in [2.24, 2.45) is 0 Å². The van der Waals surface area contributed by atoms with Crippen molar-refractivity contribution in [3.8, 4) is 11.5 Å². The highest BCUT2D eigenvalue weighted by molar-refractivity contribution is 6.30. The van der Waals surface area contributed by atoms with Crippen molar-refractivity contribution < 1.29 is 14.6 Å². The van der Waals surface area contributed by atoms with Crippen LogP contribution in [0.15, 0.2) is 42.5 Å². The van der Waals surface area contributed by atoms with Crippen LogP contribution in [0.1, 0.15) is 11.1 Å². The molecular formula is C16H17ClO3. The minimum atomic E-state index is 0.0955. The standard InChI is InChI=1S/C16H17ClO3/c1-19-15-4-2-12(3-5-15)11-20-16-9-13(6-7-18)8-14(17)10-16/h2-5,8-10,18H,6-7,11H2,1H3. The smallest absolute Gasteiger partial charge is 0.121 e. The molecule has 0 aromatic heterocycles. The summed E-state index contributed by atoms with van der Waals surface area (Å²) < 4.78 is 10.8. The fraction of sp³-hybridized carbons (Fsp3) is 0.250. The first kappa shape index (κ1) is 14.7. The minimum Gasteiger partial charge on any atom is -0.497 e. The number of hydrogen-bond acceptors (Lipinski definition) is 3. The summed E-state index contributed by atoms with van der Waals surface area (Å²) in [5.74, 6) is 1.53. The quantitative estimate of drug-likeness (QED) is 0.886. The van der Waals surface area contributed by atoms with E-state index in [0.29, 0.717) is 23.8 Å². The molecule has 0 saturated carbocycles. The van der Waals surface area contributed by atoms with E-state index in [9.17, 15) is 0 Å². The SMILES string of the molecule is COc1ccc(COc2cc(Cl)cc(CCO)c2)cc1. The summed E-state index contributed by atoms with van der Waals surface area (Å²) in [7, 11) is 1.64. The largest absolute Gasteiger partial charge is 0.497 e. The Bertz CT molecular complexity index is 552. The van der Waals surface area contributed by atoms with Gasteiger partial charge in [0.15, 0.2) is 0 Å². The molecule has 0 atom stereocenters. The predicted molar refractivity (Wildman–Crippen MR) is 79.6 cm³/mol. The Morgan fingerprint density at radius 3 is 2.40 bits per heavy atom. The van der Waals surface area contributed by atoms with Crippen LogP contribution in [-0.4, -0.2) is 18.8 Å². The van der Waals surface area contributed by atoms with Crippen molar-refractivity contribution in [3.63, 3.8) is 0 Å². The number of halogens is 1. The van der Waals surface area contributed by atoms with E-state index in [0.717, 1.165) is 16.9 Å². The van der Waals surface area contributed by atoms with Crippen molar-refractivity contribution in [1.29, 1.82) is 0 Å². The molecule has 0 spiro atoms. The summed E-state index contributed by atoms with van der Waals surface area (Å²) in [6, 6.07) is 13.2. The van der Waals surface area contributed by atoms with Gasteiger partial charge in [-0.15, -0.1) is 0 Å². The predicted octanol–water partition coefficient (Wildman–Crippen LogP) is 3.46. The van der Waals surface area contributed by atoms with Crippen LogP contribution in [0.2, 0.25) is 5.02 Å². The Balaban J connectivity index is 2.02. The van der Waals surface area contributed by atoms with E-state index < -0.39 is 0 Å². The number of aliphatic hydroxyl groups excluding tert-OH is 1. The Morgan fingerprint density at radius 1 is 1.00 bits per heavy atom. The Morgan fingerprint density at radius 2 is 1.75 bits per heavy atom. The van der Waals surface area contributed by atoms with Crippen molar-refractivity contribution in [3.05, 3.63) is 58.6 Å². The lowest BCUT2D eigenvalue weighted by molar-refractivity contribution is 0.296. The molecule has 0 bridgehead atoms. The Kier molecular flexibility index (Phi) is 5.27. The van der Waals surface area contributed by atoms with Gasteiger partial charge < -0.3 is 14.6 Å². The highest BCUT2D eigenvalue weighted by Gasteiger charge is 2.02. The fourth-order valence-electron chi connectivity index (χ4n) is 1.87. The zero-order chi connectivity index (χ0) is 14.4. The van der Waals surface area contributed by atoms with Crippen LogP contribution in [0.5, 0.6) is 11.5 Å². The zero-order valence-electron chi connectivity index (χ0n) is 11.3. The molecule has 0 aliphatic heterocycles. The number of ether oxygens (including phenoxy) is 2. The molecule has 106 valence electrons. The van der Waals surface area contributed by atoms with Gasteiger partial charge in [0.2, 0.25) is 0 Å². The van der Waals surface area contributed by atoms with Crippen molar-refractivity contribution in [2.75, 3.05) is 13.7 Å². The van der Waals surface area contributed by atoms with E-state index in [4.69, 9.17) is 26.2 Å². The van der Waals surface area contributed by atoms with E-state index in [-0.39, 0.29) is 6.61 Å².